The molecule has 0 bridgehead atoms. The second-order valence-electron chi connectivity index (χ2n) is 8.89. The number of sulfonamides is 1. The molecule has 3 N–H and O–H groups in total. The fraction of sp³-hybridized carbons (Fsp3) is 0.179. The Morgan fingerprint density at radius 1 is 1.05 bits per heavy atom. The smallest absolute Gasteiger partial charge is 0.336 e. The minimum Gasteiger partial charge on any atom is -0.478 e. The van der Waals surface area contributed by atoms with E-state index in [0.29, 0.717) is 32.5 Å². The van der Waals surface area contributed by atoms with Crippen molar-refractivity contribution in [2.45, 2.75) is 18.7 Å². The van der Waals surface area contributed by atoms with E-state index < -0.39 is 27.8 Å². The number of aromatic carboxylic acids is 1. The molecule has 0 atom stereocenters. The van der Waals surface area contributed by atoms with Gasteiger partial charge in [0.25, 0.3) is 15.9 Å². The van der Waals surface area contributed by atoms with E-state index in [0.717, 1.165) is 4.90 Å². The predicted octanol–water partition coefficient (Wildman–Crippen LogP) is 3.11. The molecule has 0 radical (unpaired) electrons. The summed E-state index contributed by atoms with van der Waals surface area (Å²) in [5.41, 5.74) is 2.49. The van der Waals surface area contributed by atoms with Gasteiger partial charge in [-0.25, -0.2) is 18.1 Å². The van der Waals surface area contributed by atoms with Crippen LogP contribution in [0.2, 0.25) is 0 Å². The number of hydrogen-bond donors (Lipinski definition) is 3. The summed E-state index contributed by atoms with van der Waals surface area (Å²) in [5, 5.41) is 21.7. The number of aliphatic hydroxyl groups is 1. The van der Waals surface area contributed by atoms with Gasteiger partial charge >= 0.3 is 5.97 Å². The number of hydroxylamine groups is 1. The topological polar surface area (TPSA) is 154 Å². The quantitative estimate of drug-likeness (QED) is 0.262. The summed E-state index contributed by atoms with van der Waals surface area (Å²) in [4.78, 5) is 43.9. The second-order valence-corrected chi connectivity index (χ2v) is 10.8. The number of benzene rings is 3. The van der Waals surface area contributed by atoms with Gasteiger partial charge in [0.2, 0.25) is 5.91 Å². The first-order valence-electron chi connectivity index (χ1n) is 12.1. The maximum absolute atomic E-state index is 13.7. The molecule has 4 rings (SSSR count). The first-order valence-corrected chi connectivity index (χ1v) is 13.5. The van der Waals surface area contributed by atoms with Crippen molar-refractivity contribution in [3.8, 4) is 0 Å². The van der Waals surface area contributed by atoms with Crippen LogP contribution in [-0.4, -0.2) is 61.1 Å². The van der Waals surface area contributed by atoms with Gasteiger partial charge in [0.15, 0.2) is 0 Å². The Morgan fingerprint density at radius 2 is 1.70 bits per heavy atom. The molecule has 0 unspecified atom stereocenters. The molecule has 0 spiro atoms. The highest BCUT2D eigenvalue weighted by Gasteiger charge is 2.38. The Balaban J connectivity index is 1.85. The zero-order valence-corrected chi connectivity index (χ0v) is 22.7. The van der Waals surface area contributed by atoms with Crippen LogP contribution in [0.3, 0.4) is 0 Å². The number of hydrogen-bond acceptors (Lipinski definition) is 8. The first kappa shape index (κ1) is 28.6. The number of carboxylic acids is 1. The van der Waals surface area contributed by atoms with Crippen LogP contribution in [0, 0.1) is 6.92 Å². The number of anilines is 2. The number of carboxylic acid groups (broad SMARTS) is 1. The number of fused-ring (bicyclic) bond motifs is 1. The van der Waals surface area contributed by atoms with Gasteiger partial charge in [-0.05, 0) is 54.4 Å². The molecule has 0 aromatic heterocycles. The third-order valence-corrected chi connectivity index (χ3v) is 7.90. The van der Waals surface area contributed by atoms with Crippen molar-refractivity contribution in [3.05, 3.63) is 89.0 Å². The van der Waals surface area contributed by atoms with Gasteiger partial charge < -0.3 is 15.5 Å². The standard InChI is InChI=1S/C28H27N3O8S/c1-17-15-23-24(16-22(17)28(35)36)31(18(2)33)27(34)25(23)26(19-7-5-4-6-8-19)29-20-9-11-21(12-10-20)40(37,38)30(3)39-14-13-32/h4-12,15-16,29,32H,13-14H2,1-3H3,(H,35,36)/b26-25+. The minimum absolute atomic E-state index is 0.0296. The molecule has 1 aliphatic heterocycles. The summed E-state index contributed by atoms with van der Waals surface area (Å²) in [6, 6.07) is 17.5. The Bertz CT molecular complexity index is 1620. The van der Waals surface area contributed by atoms with Crippen LogP contribution in [0.25, 0.3) is 11.3 Å². The number of nitrogens with one attached hydrogen (secondary N) is 1. The molecule has 11 nitrogen and oxygen atoms in total. The highest BCUT2D eigenvalue weighted by atomic mass is 32.2. The van der Waals surface area contributed by atoms with Gasteiger partial charge in [0, 0.05) is 25.2 Å². The van der Waals surface area contributed by atoms with Gasteiger partial charge in [-0.15, -0.1) is 0 Å². The Morgan fingerprint density at radius 3 is 2.27 bits per heavy atom. The van der Waals surface area contributed by atoms with E-state index in [9.17, 15) is 27.9 Å². The number of amides is 2. The van der Waals surface area contributed by atoms with E-state index in [1.807, 2.05) is 0 Å². The lowest BCUT2D eigenvalue weighted by atomic mass is 9.96. The lowest BCUT2D eigenvalue weighted by molar-refractivity contribution is -0.122. The van der Waals surface area contributed by atoms with Crippen molar-refractivity contribution >= 4 is 50.5 Å². The van der Waals surface area contributed by atoms with Gasteiger partial charge in [-0.3, -0.25) is 14.4 Å². The zero-order valence-electron chi connectivity index (χ0n) is 21.9. The predicted molar refractivity (Wildman–Crippen MR) is 148 cm³/mol. The number of carbonyl (C=O) groups is 3. The fourth-order valence-corrected chi connectivity index (χ4v) is 5.32. The van der Waals surface area contributed by atoms with Crippen LogP contribution >= 0.6 is 0 Å². The molecule has 3 aromatic carbocycles. The van der Waals surface area contributed by atoms with Crippen LogP contribution in [-0.2, 0) is 24.4 Å². The SMILES string of the molecule is CC(=O)N1C(=O)/C(=C(/Nc2ccc(S(=O)(=O)N(C)OCCO)cc2)c2ccccc2)c2cc(C)c(C(=O)O)cc21. The average molecular weight is 566 g/mol. The third kappa shape index (κ3) is 5.38. The summed E-state index contributed by atoms with van der Waals surface area (Å²) >= 11 is 0. The molecule has 2 amide bonds. The normalized spacial score (nSPS) is 14.3. The number of aliphatic hydroxyl groups excluding tert-OH is 1. The highest BCUT2D eigenvalue weighted by Crippen LogP contribution is 2.42. The van der Waals surface area contributed by atoms with Crippen molar-refractivity contribution < 1.29 is 37.9 Å². The Kier molecular flexibility index (Phi) is 8.16. The Hall–Kier alpha value is -4.36. The van der Waals surface area contributed by atoms with E-state index in [1.165, 1.54) is 44.3 Å². The van der Waals surface area contributed by atoms with E-state index >= 15 is 0 Å². The monoisotopic (exact) mass is 565 g/mol. The van der Waals surface area contributed by atoms with E-state index in [-0.39, 0.29) is 34.9 Å². The lowest BCUT2D eigenvalue weighted by Gasteiger charge is -2.18. The number of rotatable bonds is 9. The Labute approximate surface area is 230 Å². The van der Waals surface area contributed by atoms with Gasteiger partial charge in [0.1, 0.15) is 0 Å². The molecule has 0 saturated carbocycles. The molecule has 1 heterocycles. The minimum atomic E-state index is -3.99. The first-order chi connectivity index (χ1) is 19.0. The zero-order chi connectivity index (χ0) is 29.2. The van der Waals surface area contributed by atoms with Gasteiger partial charge in [-0.1, -0.05) is 34.8 Å². The van der Waals surface area contributed by atoms with Crippen molar-refractivity contribution in [1.82, 2.24) is 4.47 Å². The van der Waals surface area contributed by atoms with Crippen molar-refractivity contribution in [3.63, 3.8) is 0 Å². The van der Waals surface area contributed by atoms with Crippen molar-refractivity contribution in [1.29, 1.82) is 0 Å². The van der Waals surface area contributed by atoms with Crippen LogP contribution < -0.4 is 10.2 Å². The molecule has 12 heteroatoms. The maximum Gasteiger partial charge on any atom is 0.336 e. The summed E-state index contributed by atoms with van der Waals surface area (Å²) in [6.45, 7) is 2.29. The molecule has 1 aliphatic rings. The lowest BCUT2D eigenvalue weighted by Crippen LogP contribution is -2.31. The average Bonchev–Trinajstić information content (AvgIpc) is 3.20. The van der Waals surface area contributed by atoms with Gasteiger partial charge in [-0.2, -0.15) is 0 Å². The molecule has 208 valence electrons. The van der Waals surface area contributed by atoms with Gasteiger partial charge in [0.05, 0.1) is 40.6 Å². The summed E-state index contributed by atoms with van der Waals surface area (Å²) in [7, 11) is -2.77. The van der Waals surface area contributed by atoms with Crippen molar-refractivity contribution in [2.75, 3.05) is 30.5 Å². The number of carbonyl (C=O) groups excluding carboxylic acids is 2. The molecule has 3 aromatic rings. The third-order valence-electron chi connectivity index (χ3n) is 6.25. The summed E-state index contributed by atoms with van der Waals surface area (Å²) in [5.74, 6) is -2.38. The molecule has 0 aliphatic carbocycles. The number of imide groups is 1. The van der Waals surface area contributed by atoms with Crippen LogP contribution in [0.4, 0.5) is 11.4 Å². The molecule has 40 heavy (non-hydrogen) atoms. The van der Waals surface area contributed by atoms with Crippen molar-refractivity contribution in [2.24, 2.45) is 0 Å². The molecule has 0 saturated heterocycles. The maximum atomic E-state index is 13.7. The van der Waals surface area contributed by atoms with E-state index in [2.05, 4.69) is 5.32 Å². The molecular weight excluding hydrogens is 538 g/mol. The molecule has 0 fully saturated rings. The summed E-state index contributed by atoms with van der Waals surface area (Å²) in [6.07, 6.45) is 0. The fourth-order valence-electron chi connectivity index (χ4n) is 4.33. The second kappa shape index (κ2) is 11.4. The number of nitrogens with zero attached hydrogens (tertiary/aromatic N) is 2. The van der Waals surface area contributed by atoms with Crippen LogP contribution in [0.5, 0.6) is 0 Å². The molecular formula is C28H27N3O8S. The largest absolute Gasteiger partial charge is 0.478 e. The van der Waals surface area contributed by atoms with E-state index in [4.69, 9.17) is 9.94 Å². The van der Waals surface area contributed by atoms with Crippen LogP contribution in [0.1, 0.15) is 34.0 Å². The summed E-state index contributed by atoms with van der Waals surface area (Å²) < 4.78 is 26.2. The number of aryl methyl sites for hydroxylation is 1. The van der Waals surface area contributed by atoms with E-state index in [1.54, 1.807) is 43.3 Å². The highest BCUT2D eigenvalue weighted by molar-refractivity contribution is 7.89. The van der Waals surface area contributed by atoms with Crippen LogP contribution in [0.15, 0.2) is 71.6 Å².